The van der Waals surface area contributed by atoms with Gasteiger partial charge >= 0.3 is 0 Å². The van der Waals surface area contributed by atoms with E-state index < -0.39 is 0 Å². The highest BCUT2D eigenvalue weighted by atomic mass is 16.5. The van der Waals surface area contributed by atoms with Crippen LogP contribution in [-0.2, 0) is 4.74 Å². The Bertz CT molecular complexity index is 331. The van der Waals surface area contributed by atoms with Crippen LogP contribution in [0.15, 0.2) is 0 Å². The summed E-state index contributed by atoms with van der Waals surface area (Å²) in [6.07, 6.45) is 8.20. The van der Waals surface area contributed by atoms with Gasteiger partial charge in [0, 0.05) is 24.1 Å². The minimum absolute atomic E-state index is 0.0720. The monoisotopic (exact) mass is 296 g/mol. The molecule has 124 valence electrons. The number of hydrogen-bond acceptors (Lipinski definition) is 3. The van der Waals surface area contributed by atoms with Crippen LogP contribution < -0.4 is 5.73 Å². The summed E-state index contributed by atoms with van der Waals surface area (Å²) in [5.41, 5.74) is 6.78. The molecule has 3 heteroatoms. The molecule has 1 heterocycles. The van der Waals surface area contributed by atoms with Crippen LogP contribution in [0.25, 0.3) is 0 Å². The second kappa shape index (κ2) is 6.97. The summed E-state index contributed by atoms with van der Waals surface area (Å²) >= 11 is 0. The van der Waals surface area contributed by atoms with Crippen molar-refractivity contribution in [1.82, 2.24) is 4.90 Å². The van der Waals surface area contributed by atoms with E-state index in [0.717, 1.165) is 25.5 Å². The lowest BCUT2D eigenvalue weighted by molar-refractivity contribution is -0.156. The summed E-state index contributed by atoms with van der Waals surface area (Å²) < 4.78 is 5.85. The van der Waals surface area contributed by atoms with Gasteiger partial charge in [-0.2, -0.15) is 0 Å². The fourth-order valence-corrected chi connectivity index (χ4v) is 4.25. The zero-order valence-electron chi connectivity index (χ0n) is 14.7. The fraction of sp³-hybridized carbons (Fsp3) is 1.00. The molecule has 2 rings (SSSR count). The van der Waals surface area contributed by atoms with E-state index in [-0.39, 0.29) is 11.0 Å². The van der Waals surface area contributed by atoms with Gasteiger partial charge in [0.2, 0.25) is 0 Å². The predicted molar refractivity (Wildman–Crippen MR) is 89.4 cm³/mol. The maximum absolute atomic E-state index is 6.75. The molecule has 1 saturated carbocycles. The first-order valence-electron chi connectivity index (χ1n) is 9.05. The van der Waals surface area contributed by atoms with Gasteiger partial charge in [0.25, 0.3) is 0 Å². The Morgan fingerprint density at radius 3 is 2.57 bits per heavy atom. The molecule has 0 aromatic rings. The van der Waals surface area contributed by atoms with Crippen molar-refractivity contribution >= 4 is 0 Å². The minimum Gasteiger partial charge on any atom is -0.378 e. The Morgan fingerprint density at radius 2 is 1.95 bits per heavy atom. The molecule has 1 aliphatic carbocycles. The van der Waals surface area contributed by atoms with Crippen molar-refractivity contribution in [3.05, 3.63) is 0 Å². The Balaban J connectivity index is 1.87. The second-order valence-electron chi connectivity index (χ2n) is 7.89. The number of rotatable bonds is 6. The molecule has 2 aliphatic rings. The topological polar surface area (TPSA) is 38.5 Å². The lowest BCUT2D eigenvalue weighted by atomic mass is 9.54. The number of hydrogen-bond donors (Lipinski definition) is 1. The largest absolute Gasteiger partial charge is 0.378 e. The molecule has 3 nitrogen and oxygen atoms in total. The van der Waals surface area contributed by atoms with Crippen molar-refractivity contribution in [1.29, 1.82) is 0 Å². The average Bonchev–Trinajstić information content (AvgIpc) is 2.65. The molecule has 0 bridgehead atoms. The molecule has 1 aliphatic heterocycles. The predicted octanol–water partition coefficient (Wildman–Crippen LogP) is 3.42. The van der Waals surface area contributed by atoms with Crippen LogP contribution >= 0.6 is 0 Å². The molecule has 3 unspecified atom stereocenters. The van der Waals surface area contributed by atoms with Gasteiger partial charge in [-0.15, -0.1) is 0 Å². The molecular formula is C18H36N2O. The fourth-order valence-electron chi connectivity index (χ4n) is 4.25. The minimum atomic E-state index is -0.0720. The van der Waals surface area contributed by atoms with Gasteiger partial charge in [-0.25, -0.2) is 0 Å². The van der Waals surface area contributed by atoms with E-state index in [9.17, 15) is 0 Å². The third-order valence-corrected chi connectivity index (χ3v) is 6.15. The van der Waals surface area contributed by atoms with Gasteiger partial charge < -0.3 is 15.4 Å². The summed E-state index contributed by atoms with van der Waals surface area (Å²) in [5, 5.41) is 0. The van der Waals surface area contributed by atoms with Crippen LogP contribution in [0.5, 0.6) is 0 Å². The second-order valence-corrected chi connectivity index (χ2v) is 7.89. The van der Waals surface area contributed by atoms with Gasteiger partial charge in [-0.1, -0.05) is 33.6 Å². The Kier molecular flexibility index (Phi) is 5.72. The van der Waals surface area contributed by atoms with Crippen LogP contribution in [0, 0.1) is 11.3 Å². The molecule has 0 spiro atoms. The lowest BCUT2D eigenvalue weighted by Gasteiger charge is -2.60. The Hall–Kier alpha value is -0.120. The van der Waals surface area contributed by atoms with E-state index in [1.807, 2.05) is 0 Å². The Labute approximate surface area is 131 Å². The summed E-state index contributed by atoms with van der Waals surface area (Å²) in [7, 11) is 0. The van der Waals surface area contributed by atoms with Crippen LogP contribution in [0.1, 0.15) is 66.2 Å². The summed E-state index contributed by atoms with van der Waals surface area (Å²) in [6.45, 7) is 13.3. The number of nitrogens with zero attached hydrogens (tertiary/aromatic N) is 1. The first kappa shape index (κ1) is 17.2. The maximum Gasteiger partial charge on any atom is 0.0662 e. The van der Waals surface area contributed by atoms with E-state index in [2.05, 4.69) is 32.6 Å². The normalized spacial score (nSPS) is 37.0. The molecular weight excluding hydrogens is 260 g/mol. The van der Waals surface area contributed by atoms with Gasteiger partial charge in [0.1, 0.15) is 0 Å². The summed E-state index contributed by atoms with van der Waals surface area (Å²) in [5.74, 6) is 0.944. The molecule has 21 heavy (non-hydrogen) atoms. The quantitative estimate of drug-likeness (QED) is 0.816. The first-order chi connectivity index (χ1) is 9.93. The third-order valence-electron chi connectivity index (χ3n) is 6.15. The zero-order chi connectivity index (χ0) is 15.5. The summed E-state index contributed by atoms with van der Waals surface area (Å²) in [4.78, 5) is 2.62. The molecule has 2 fully saturated rings. The van der Waals surface area contributed by atoms with Crippen molar-refractivity contribution in [3.63, 3.8) is 0 Å². The van der Waals surface area contributed by atoms with Crippen molar-refractivity contribution < 1.29 is 4.74 Å². The lowest BCUT2D eigenvalue weighted by Crippen LogP contribution is -2.73. The maximum atomic E-state index is 6.75. The highest BCUT2D eigenvalue weighted by Gasteiger charge is 2.58. The Morgan fingerprint density at radius 1 is 1.19 bits per heavy atom. The number of likely N-dealkylation sites (tertiary alicyclic amines) is 1. The van der Waals surface area contributed by atoms with E-state index in [4.69, 9.17) is 10.5 Å². The van der Waals surface area contributed by atoms with Crippen LogP contribution in [-0.4, -0.2) is 42.8 Å². The van der Waals surface area contributed by atoms with Crippen LogP contribution in [0.2, 0.25) is 0 Å². The van der Waals surface area contributed by atoms with E-state index in [0.29, 0.717) is 6.10 Å². The van der Waals surface area contributed by atoms with E-state index in [1.165, 1.54) is 45.2 Å². The third kappa shape index (κ3) is 3.62. The van der Waals surface area contributed by atoms with Crippen molar-refractivity contribution in [2.24, 2.45) is 17.1 Å². The molecule has 2 N–H and O–H groups in total. The number of nitrogens with two attached hydrogens (primary N) is 1. The van der Waals surface area contributed by atoms with E-state index in [1.54, 1.807) is 0 Å². The van der Waals surface area contributed by atoms with Crippen molar-refractivity contribution in [2.45, 2.75) is 77.9 Å². The molecule has 1 saturated heterocycles. The van der Waals surface area contributed by atoms with Crippen molar-refractivity contribution in [2.75, 3.05) is 26.2 Å². The highest BCUT2D eigenvalue weighted by molar-refractivity contribution is 5.14. The first-order valence-corrected chi connectivity index (χ1v) is 9.05. The summed E-state index contributed by atoms with van der Waals surface area (Å²) in [6, 6.07) is 0. The molecule has 0 amide bonds. The van der Waals surface area contributed by atoms with Gasteiger partial charge in [-0.05, 0) is 51.6 Å². The average molecular weight is 296 g/mol. The van der Waals surface area contributed by atoms with E-state index >= 15 is 0 Å². The van der Waals surface area contributed by atoms with Crippen LogP contribution in [0.4, 0.5) is 0 Å². The van der Waals surface area contributed by atoms with Gasteiger partial charge in [0.05, 0.1) is 6.10 Å². The molecule has 3 atom stereocenters. The molecule has 0 aromatic heterocycles. The number of ether oxygens (including phenoxy) is 1. The van der Waals surface area contributed by atoms with Gasteiger partial charge in [-0.3, -0.25) is 0 Å². The standard InChI is InChI=1S/C18H36N2O/c1-5-8-15-9-7-11-20(12-10-15)14-18(19)13-16(21-6-2)17(18,3)4/h15-16H,5-14,19H2,1-4H3. The molecule has 0 radical (unpaired) electrons. The van der Waals surface area contributed by atoms with Crippen LogP contribution in [0.3, 0.4) is 0 Å². The molecule has 0 aromatic carbocycles. The van der Waals surface area contributed by atoms with Gasteiger partial charge in [0.15, 0.2) is 0 Å². The zero-order valence-corrected chi connectivity index (χ0v) is 14.7. The SMILES string of the molecule is CCCC1CCCN(CC2(N)CC(OCC)C2(C)C)CC1. The highest BCUT2D eigenvalue weighted by Crippen LogP contribution is 2.50. The van der Waals surface area contributed by atoms with Crippen molar-refractivity contribution in [3.8, 4) is 0 Å². The smallest absolute Gasteiger partial charge is 0.0662 e.